The normalized spacial score (nSPS) is 11.4. The number of unbranched alkanes of at least 4 members (excludes halogenated alkanes) is 1. The average Bonchev–Trinajstić information content (AvgIpc) is 2.75. The van der Waals surface area contributed by atoms with Crippen LogP contribution in [0.25, 0.3) is 0 Å². The predicted octanol–water partition coefficient (Wildman–Crippen LogP) is 1.60. The first-order chi connectivity index (χ1) is 8.45. The second-order valence-electron chi connectivity index (χ2n) is 3.59. The van der Waals surface area contributed by atoms with Crippen LogP contribution in [0.4, 0.5) is 0 Å². The van der Waals surface area contributed by atoms with Gasteiger partial charge < -0.3 is 5.32 Å². The topological polar surface area (TPSA) is 75.3 Å². The van der Waals surface area contributed by atoms with Gasteiger partial charge in [0.15, 0.2) is 0 Å². The number of nitrogens with one attached hydrogen (secondary N) is 2. The van der Waals surface area contributed by atoms with Crippen LogP contribution in [-0.2, 0) is 14.8 Å². The van der Waals surface area contributed by atoms with Gasteiger partial charge in [-0.3, -0.25) is 4.79 Å². The second-order valence-corrected chi connectivity index (χ2v) is 7.30. The van der Waals surface area contributed by atoms with E-state index in [1.165, 1.54) is 12.1 Å². The number of sulfonamides is 1. The number of carbonyl (C=O) groups excluding carboxylic acids is 1. The molecule has 0 aliphatic carbocycles. The van der Waals surface area contributed by atoms with E-state index < -0.39 is 10.0 Å². The number of carbonyl (C=O) groups is 1. The van der Waals surface area contributed by atoms with Crippen molar-refractivity contribution in [2.45, 2.75) is 24.0 Å². The minimum absolute atomic E-state index is 0.105. The maximum atomic E-state index is 11.7. The van der Waals surface area contributed by atoms with Gasteiger partial charge >= 0.3 is 0 Å². The van der Waals surface area contributed by atoms with E-state index in [9.17, 15) is 13.2 Å². The summed E-state index contributed by atoms with van der Waals surface area (Å²) in [7, 11) is -3.64. The minimum atomic E-state index is -3.64. The number of thiophene rings is 1. The lowest BCUT2D eigenvalue weighted by Crippen LogP contribution is -2.37. The van der Waals surface area contributed by atoms with E-state index in [1.807, 2.05) is 6.92 Å². The highest BCUT2D eigenvalue weighted by molar-refractivity contribution is 7.91. The Hall–Kier alpha value is -0.630. The van der Waals surface area contributed by atoms with Crippen LogP contribution in [-0.4, -0.2) is 27.4 Å². The Morgan fingerprint density at radius 3 is 2.72 bits per heavy atom. The summed E-state index contributed by atoms with van der Waals surface area (Å²) in [4.78, 5) is 11.3. The van der Waals surface area contributed by atoms with Gasteiger partial charge in [-0.15, -0.1) is 11.3 Å². The van der Waals surface area contributed by atoms with Gasteiger partial charge in [0.1, 0.15) is 4.21 Å². The van der Waals surface area contributed by atoms with Crippen molar-refractivity contribution in [1.82, 2.24) is 10.0 Å². The molecule has 0 atom stereocenters. The SMILES string of the molecule is CCCCNC(=O)CNS(=O)(=O)c1ccc(Cl)s1. The van der Waals surface area contributed by atoms with Crippen LogP contribution in [0.3, 0.4) is 0 Å². The monoisotopic (exact) mass is 310 g/mol. The summed E-state index contributed by atoms with van der Waals surface area (Å²) in [6.45, 7) is 2.30. The van der Waals surface area contributed by atoms with Crippen molar-refractivity contribution in [2.75, 3.05) is 13.1 Å². The summed E-state index contributed by atoms with van der Waals surface area (Å²) in [6, 6.07) is 2.91. The first-order valence-corrected chi connectivity index (χ1v) is 8.15. The van der Waals surface area contributed by atoms with Crippen molar-refractivity contribution in [1.29, 1.82) is 0 Å². The fourth-order valence-corrected chi connectivity index (χ4v) is 3.65. The molecule has 1 rings (SSSR count). The fraction of sp³-hybridized carbons (Fsp3) is 0.500. The third-order valence-electron chi connectivity index (χ3n) is 2.09. The van der Waals surface area contributed by atoms with E-state index in [0.29, 0.717) is 10.9 Å². The zero-order chi connectivity index (χ0) is 13.6. The molecule has 0 saturated heterocycles. The number of halogens is 1. The van der Waals surface area contributed by atoms with Crippen molar-refractivity contribution in [2.24, 2.45) is 0 Å². The van der Waals surface area contributed by atoms with E-state index >= 15 is 0 Å². The van der Waals surface area contributed by atoms with Crippen LogP contribution in [0.15, 0.2) is 16.3 Å². The Kier molecular flexibility index (Phi) is 6.07. The van der Waals surface area contributed by atoms with E-state index in [2.05, 4.69) is 10.0 Å². The van der Waals surface area contributed by atoms with E-state index in [4.69, 9.17) is 11.6 Å². The molecule has 0 spiro atoms. The maximum absolute atomic E-state index is 11.7. The number of hydrogen-bond acceptors (Lipinski definition) is 4. The van der Waals surface area contributed by atoms with Crippen molar-refractivity contribution in [3.05, 3.63) is 16.5 Å². The van der Waals surface area contributed by atoms with Gasteiger partial charge in [0.25, 0.3) is 10.0 Å². The van der Waals surface area contributed by atoms with Gasteiger partial charge in [-0.1, -0.05) is 24.9 Å². The van der Waals surface area contributed by atoms with Gasteiger partial charge in [-0.2, -0.15) is 0 Å². The Balaban J connectivity index is 2.45. The third-order valence-corrected chi connectivity index (χ3v) is 5.21. The first kappa shape index (κ1) is 15.4. The van der Waals surface area contributed by atoms with Crippen molar-refractivity contribution in [3.8, 4) is 0 Å². The highest BCUT2D eigenvalue weighted by Gasteiger charge is 2.17. The molecule has 1 aromatic rings. The zero-order valence-corrected chi connectivity index (χ0v) is 12.3. The molecule has 2 N–H and O–H groups in total. The molecule has 5 nitrogen and oxygen atoms in total. The molecule has 1 amide bonds. The summed E-state index contributed by atoms with van der Waals surface area (Å²) in [6.07, 6.45) is 1.85. The first-order valence-electron chi connectivity index (χ1n) is 5.47. The zero-order valence-electron chi connectivity index (χ0n) is 9.90. The molecule has 18 heavy (non-hydrogen) atoms. The highest BCUT2D eigenvalue weighted by Crippen LogP contribution is 2.25. The molecule has 0 radical (unpaired) electrons. The molecule has 8 heteroatoms. The van der Waals surface area contributed by atoms with Gasteiger partial charge in [0.05, 0.1) is 10.9 Å². The van der Waals surface area contributed by atoms with E-state index in [1.54, 1.807) is 0 Å². The molecular weight excluding hydrogens is 296 g/mol. The molecule has 0 aliphatic heterocycles. The summed E-state index contributed by atoms with van der Waals surface area (Å²) in [5.74, 6) is -0.338. The van der Waals surface area contributed by atoms with Crippen LogP contribution >= 0.6 is 22.9 Å². The largest absolute Gasteiger partial charge is 0.355 e. The van der Waals surface area contributed by atoms with Crippen LogP contribution in [0.5, 0.6) is 0 Å². The van der Waals surface area contributed by atoms with Gasteiger partial charge in [0, 0.05) is 6.54 Å². The average molecular weight is 311 g/mol. The Bertz CT molecular complexity index is 499. The molecule has 0 unspecified atom stereocenters. The summed E-state index contributed by atoms with van der Waals surface area (Å²) >= 11 is 6.61. The molecule has 0 fully saturated rings. The lowest BCUT2D eigenvalue weighted by molar-refractivity contribution is -0.119. The van der Waals surface area contributed by atoms with Gasteiger partial charge in [0.2, 0.25) is 5.91 Å². The Morgan fingerprint density at radius 2 is 2.17 bits per heavy atom. The molecule has 0 saturated carbocycles. The van der Waals surface area contributed by atoms with Gasteiger partial charge in [-0.05, 0) is 18.6 Å². The summed E-state index contributed by atoms with van der Waals surface area (Å²) in [5.41, 5.74) is 0. The van der Waals surface area contributed by atoms with Gasteiger partial charge in [-0.25, -0.2) is 13.1 Å². The smallest absolute Gasteiger partial charge is 0.250 e. The summed E-state index contributed by atoms with van der Waals surface area (Å²) < 4.78 is 26.2. The standard InChI is InChI=1S/C10H15ClN2O3S2/c1-2-3-6-12-9(14)7-13-18(15,16)10-5-4-8(11)17-10/h4-5,13H,2-3,6-7H2,1H3,(H,12,14). The summed E-state index contributed by atoms with van der Waals surface area (Å²) in [5, 5.41) is 2.62. The third kappa shape index (κ3) is 4.93. The molecule has 0 bridgehead atoms. The van der Waals surface area contributed by atoms with E-state index in [0.717, 1.165) is 24.2 Å². The lowest BCUT2D eigenvalue weighted by atomic mass is 10.3. The lowest BCUT2D eigenvalue weighted by Gasteiger charge is -2.05. The number of rotatable bonds is 7. The molecular formula is C10H15ClN2O3S2. The van der Waals surface area contributed by atoms with E-state index in [-0.39, 0.29) is 16.7 Å². The Morgan fingerprint density at radius 1 is 1.44 bits per heavy atom. The molecule has 1 heterocycles. The minimum Gasteiger partial charge on any atom is -0.355 e. The highest BCUT2D eigenvalue weighted by atomic mass is 35.5. The molecule has 102 valence electrons. The second kappa shape index (κ2) is 7.08. The number of hydrogen-bond donors (Lipinski definition) is 2. The van der Waals surface area contributed by atoms with Crippen molar-refractivity contribution < 1.29 is 13.2 Å². The van der Waals surface area contributed by atoms with Crippen LogP contribution in [0.1, 0.15) is 19.8 Å². The predicted molar refractivity (Wildman–Crippen MR) is 72.4 cm³/mol. The Labute approximate surface area is 116 Å². The maximum Gasteiger partial charge on any atom is 0.250 e. The molecule has 0 aliphatic rings. The number of amides is 1. The molecule has 1 aromatic heterocycles. The van der Waals surface area contributed by atoms with Crippen LogP contribution < -0.4 is 10.0 Å². The van der Waals surface area contributed by atoms with Crippen molar-refractivity contribution >= 4 is 38.9 Å². The quantitative estimate of drug-likeness (QED) is 0.751. The molecule has 0 aromatic carbocycles. The fourth-order valence-electron chi connectivity index (χ4n) is 1.14. The van der Waals surface area contributed by atoms with Crippen LogP contribution in [0.2, 0.25) is 4.34 Å². The van der Waals surface area contributed by atoms with Crippen molar-refractivity contribution in [3.63, 3.8) is 0 Å². The van der Waals surface area contributed by atoms with Crippen LogP contribution in [0, 0.1) is 0 Å².